The first-order chi connectivity index (χ1) is 57.4. The number of Topliss-reactive ketones (excluding diaryl/α,β-unsaturated/α-hetero) is 6. The number of primary amides is 4. The van der Waals surface area contributed by atoms with Crippen molar-refractivity contribution in [1.29, 1.82) is 0 Å². The molecule has 0 radical (unpaired) electrons. The Morgan fingerprint density at radius 2 is 0.623 bits per heavy atom. The summed E-state index contributed by atoms with van der Waals surface area (Å²) in [7, 11) is 5.63. The van der Waals surface area contributed by atoms with Gasteiger partial charge in [0.15, 0.2) is 5.78 Å². The van der Waals surface area contributed by atoms with Crippen molar-refractivity contribution in [3.8, 4) is 0 Å². The SMILES string of the molecule is C.C.C.CC(C)N(C)C(CCC(N)=O)C(=O)C[C@@H](Cc1c[nH]c2ccccc12)C(=O)C(C)(C)C.CC(C)NC(CCC(N)=O)C(=O)C[C@@H](Cc1c[nH]c2ccccc12)C(=O)C(C)(C)C.CC(C)NC(CCC(N)=O)C(=S)C[C@@H](Cc1c[nH]c2ccccc12)C(=O)C(C)(C)C.CC(C)NC(CCC(N)=O)CC[C@@H](Cc1c[nH]c2ccccc12)C(=O)C(C)(C)C.CNC.[W].[W].[W].[W]. The number of ketones is 6. The van der Waals surface area contributed by atoms with Crippen LogP contribution in [0.1, 0.15) is 266 Å². The summed E-state index contributed by atoms with van der Waals surface area (Å²) in [5.41, 5.74) is 28.0. The number of nitrogens with two attached hydrogens (primary N) is 4. The Morgan fingerprint density at radius 3 is 0.923 bits per heavy atom. The summed E-state index contributed by atoms with van der Waals surface area (Å²) in [6.07, 6.45) is 15.6. The van der Waals surface area contributed by atoms with Gasteiger partial charge in [-0.1, -0.05) is 232 Å². The predicted molar refractivity (Wildman–Crippen MR) is 527 cm³/mol. The number of H-pyrrole nitrogens is 4. The van der Waals surface area contributed by atoms with Crippen LogP contribution in [-0.2, 0) is 158 Å². The molecule has 0 bridgehead atoms. The number of hydrogen-bond acceptors (Lipinski definition) is 16. The zero-order valence-corrected chi connectivity index (χ0v) is 92.4. The monoisotopic (exact) mass is 2500 g/mol. The second-order valence-corrected chi connectivity index (χ2v) is 39.2. The van der Waals surface area contributed by atoms with E-state index in [0.29, 0.717) is 69.6 Å². The average molecular weight is 2500 g/mol. The number of likely N-dealkylation sites (N-methyl/N-ethyl adjacent to an activating group) is 1. The van der Waals surface area contributed by atoms with Crippen LogP contribution < -0.4 is 44.2 Å². The molecule has 0 aliphatic rings. The molecule has 4 aromatic carbocycles. The van der Waals surface area contributed by atoms with Gasteiger partial charge in [0, 0.05) is 278 Å². The smallest absolute Gasteiger partial charge is 0.217 e. The second-order valence-electron chi connectivity index (χ2n) is 38.6. The molecule has 0 saturated heterocycles. The molecule has 726 valence electrons. The van der Waals surface area contributed by atoms with E-state index < -0.39 is 52.0 Å². The Morgan fingerprint density at radius 1 is 0.362 bits per heavy atom. The fourth-order valence-corrected chi connectivity index (χ4v) is 16.1. The van der Waals surface area contributed by atoms with Gasteiger partial charge in [-0.15, -0.1) is 0 Å². The maximum Gasteiger partial charge on any atom is 0.217 e. The molecule has 28 heteroatoms. The molecule has 4 heterocycles. The molecular formula is C102H163N13O10SW4. The third-order valence-corrected chi connectivity index (χ3v) is 22.5. The van der Waals surface area contributed by atoms with Crippen molar-refractivity contribution in [3.05, 3.63) is 144 Å². The van der Waals surface area contributed by atoms with Crippen LogP contribution in [0.3, 0.4) is 0 Å². The van der Waals surface area contributed by atoms with Crippen LogP contribution in [0.15, 0.2) is 122 Å². The molecule has 4 aromatic heterocycles. The summed E-state index contributed by atoms with van der Waals surface area (Å²) in [6, 6.07) is 32.1. The van der Waals surface area contributed by atoms with Crippen molar-refractivity contribution in [3.63, 3.8) is 0 Å². The van der Waals surface area contributed by atoms with E-state index in [1.54, 1.807) is 0 Å². The Hall–Kier alpha value is -6.42. The number of nitrogens with one attached hydrogen (secondary N) is 8. The topological polar surface area (TPSA) is 389 Å². The van der Waals surface area contributed by atoms with Crippen LogP contribution >= 0.6 is 12.2 Å². The number of para-hydroxylation sites is 4. The molecule has 8 aromatic rings. The summed E-state index contributed by atoms with van der Waals surface area (Å²) in [4.78, 5) is 141. The second kappa shape index (κ2) is 62.3. The fourth-order valence-electron chi connectivity index (χ4n) is 15.7. The number of aromatic amines is 4. The molecule has 130 heavy (non-hydrogen) atoms. The van der Waals surface area contributed by atoms with Gasteiger partial charge in [-0.2, -0.15) is 0 Å². The van der Waals surface area contributed by atoms with Gasteiger partial charge in [0.05, 0.1) is 12.1 Å². The number of nitrogens with zero attached hydrogens (tertiary/aromatic N) is 1. The van der Waals surface area contributed by atoms with Crippen molar-refractivity contribution in [1.82, 2.24) is 46.1 Å². The molecule has 0 aliphatic heterocycles. The number of aromatic nitrogens is 4. The molecule has 16 N–H and O–H groups in total. The van der Waals surface area contributed by atoms with E-state index in [0.717, 1.165) is 79.0 Å². The molecule has 23 nitrogen and oxygen atoms in total. The van der Waals surface area contributed by atoms with Crippen molar-refractivity contribution in [2.24, 2.45) is 68.3 Å². The molecule has 8 atom stereocenters. The minimum Gasteiger partial charge on any atom is -0.370 e. The molecule has 0 fully saturated rings. The van der Waals surface area contributed by atoms with Gasteiger partial charge in [0.1, 0.15) is 28.9 Å². The Balaban J connectivity index is -0.000000791. The number of thiocarbonyl (C=S) groups is 1. The van der Waals surface area contributed by atoms with Crippen LogP contribution in [0, 0.1) is 45.3 Å². The van der Waals surface area contributed by atoms with Crippen LogP contribution in [0.25, 0.3) is 43.6 Å². The first kappa shape index (κ1) is 130. The number of benzene rings is 4. The van der Waals surface area contributed by atoms with Gasteiger partial charge in [-0.05, 0) is 152 Å². The van der Waals surface area contributed by atoms with Crippen LogP contribution in [-0.4, -0.2) is 158 Å². The van der Waals surface area contributed by atoms with E-state index in [4.69, 9.17) is 35.2 Å². The van der Waals surface area contributed by atoms with E-state index in [9.17, 15) is 47.9 Å². The molecule has 0 spiro atoms. The van der Waals surface area contributed by atoms with Crippen molar-refractivity contribution in [2.75, 3.05) is 21.1 Å². The van der Waals surface area contributed by atoms with E-state index >= 15 is 0 Å². The number of carbonyl (C=O) groups excluding carboxylic acids is 10. The van der Waals surface area contributed by atoms with Gasteiger partial charge in [-0.3, -0.25) is 52.8 Å². The minimum atomic E-state index is -0.552. The number of hydrogen-bond donors (Lipinski definition) is 12. The van der Waals surface area contributed by atoms with E-state index in [2.05, 4.69) is 73.2 Å². The number of carbonyl (C=O) groups is 10. The van der Waals surface area contributed by atoms with Crippen molar-refractivity contribution < 1.29 is 132 Å². The predicted octanol–water partition coefficient (Wildman–Crippen LogP) is 17.8. The van der Waals surface area contributed by atoms with Crippen LogP contribution in [0.5, 0.6) is 0 Å². The maximum absolute atomic E-state index is 13.4. The third-order valence-electron chi connectivity index (χ3n) is 22.1. The first-order valence-corrected chi connectivity index (χ1v) is 44.5. The van der Waals surface area contributed by atoms with Gasteiger partial charge in [0.2, 0.25) is 23.6 Å². The number of amides is 4. The van der Waals surface area contributed by atoms with Gasteiger partial charge < -0.3 is 64.1 Å². The fraction of sp³-hybridized carbons (Fsp3) is 0.578. The summed E-state index contributed by atoms with van der Waals surface area (Å²) in [5.74, 6) is -2.02. The Kier molecular flexibility index (Phi) is 62.2. The van der Waals surface area contributed by atoms with Gasteiger partial charge in [0.25, 0.3) is 0 Å². The summed E-state index contributed by atoms with van der Waals surface area (Å²) in [5, 5.41) is 17.4. The van der Waals surface area contributed by atoms with Gasteiger partial charge in [-0.25, -0.2) is 0 Å². The number of rotatable bonds is 44. The average Bonchev–Trinajstić information content (AvgIpc) is 1.60. The quantitative estimate of drug-likeness (QED) is 0.0158. The summed E-state index contributed by atoms with van der Waals surface area (Å²) >= 11 is 5.78. The largest absolute Gasteiger partial charge is 0.370 e. The van der Waals surface area contributed by atoms with Crippen LogP contribution in [0.4, 0.5) is 0 Å². The zero-order chi connectivity index (χ0) is 92.6. The zero-order valence-electron chi connectivity index (χ0n) is 79.9. The van der Waals surface area contributed by atoms with Gasteiger partial charge >= 0.3 is 0 Å². The molecule has 0 saturated carbocycles. The third kappa shape index (κ3) is 44.8. The molecule has 8 rings (SSSR count). The first-order valence-electron chi connectivity index (χ1n) is 44.1. The van der Waals surface area contributed by atoms with Crippen molar-refractivity contribution in [2.45, 2.75) is 318 Å². The molecule has 4 amide bonds. The Bertz CT molecular complexity index is 4600. The standard InChI is InChI=1S/C25H37N3O3.C24H35N3O3.C24H35N3O2S.C24H37N3O2.C2H7N.3CH4.4W/c1-16(2)28(6)21(11-12-23(26)30)22(29)14-17(24(31)25(3,4)5)13-18-15-27-20-10-8-7-9-19(18)20;1-15(2)27-20(10-11-22(25)29)21(28)13-16(23(30)24(3,4)5)12-17-14-26-19-9-7-6-8-18(17)19;1-15(2)27-20(10-11-22(25)28)21(30)13-16(23(29)24(3,4)5)12-17-14-26-19-9-7-6-8-18(17)19;1-16(2)27-19(12-13-22(25)28)11-10-17(23(29)24(3,4)5)14-18-15-26-21-9-7-6-8-20(18)21;1-3-2;;;;;;;/h7-10,15-17,21,27H,11-14H2,1-6H3,(H2,26,30);6-9,14-16,20,26-27H,10-13H2,1-5H3,(H2,25,29);6-9,14-16,20,26-27H,10-13H2,1-5H3,(H2,25,28);6-9,15-17,19,26-27H,10-14H2,1-5H3,(H2,25,28);3H,1-2H3;3*1H4;;;;/t17-,21?;2*16-,20?;17-,19?;;;;;;;;/m1110......../s1. The van der Waals surface area contributed by atoms with Crippen LogP contribution in [0.2, 0.25) is 0 Å². The number of fused-ring (bicyclic) bond motifs is 4. The molecular weight excluding hydrogens is 2330 g/mol. The van der Waals surface area contributed by atoms with E-state index in [-0.39, 0.29) is 227 Å². The summed E-state index contributed by atoms with van der Waals surface area (Å²) in [6.45, 7) is 39.4. The van der Waals surface area contributed by atoms with Crippen molar-refractivity contribution >= 4 is 119 Å². The van der Waals surface area contributed by atoms with E-state index in [1.165, 1.54) is 10.9 Å². The normalized spacial score (nSPS) is 13.2. The van der Waals surface area contributed by atoms with E-state index in [1.807, 2.05) is 254 Å². The molecule has 0 aliphatic carbocycles. The minimum absolute atomic E-state index is 0. The maximum atomic E-state index is 13.4. The summed E-state index contributed by atoms with van der Waals surface area (Å²) < 4.78 is 0. The molecule has 4 unspecified atom stereocenters. The Labute approximate surface area is 842 Å².